The normalized spacial score (nSPS) is 8.82. The van der Waals surface area contributed by atoms with Crippen LogP contribution in [0.15, 0.2) is 0 Å². The van der Waals surface area contributed by atoms with E-state index in [-0.39, 0.29) is 44.2 Å². The molecule has 0 aromatic rings. The summed E-state index contributed by atoms with van der Waals surface area (Å²) < 4.78 is 0. The average molecular weight is 183 g/mol. The Labute approximate surface area is 98.4 Å². The molecule has 0 rings (SSSR count). The van der Waals surface area contributed by atoms with Crippen molar-refractivity contribution in [2.75, 3.05) is 0 Å². The first-order valence-electron chi connectivity index (χ1n) is 3.97. The fraction of sp³-hybridized carbons (Fsp3) is 0.875. The van der Waals surface area contributed by atoms with E-state index in [4.69, 9.17) is 0 Å². The number of carboxylic acid groups (broad SMARTS) is 1. The molecule has 0 saturated carbocycles. The first kappa shape index (κ1) is 14.3. The first-order chi connectivity index (χ1) is 4.77. The van der Waals surface area contributed by atoms with Crippen LogP contribution in [0.2, 0.25) is 0 Å². The molecule has 0 heterocycles. The minimum atomic E-state index is -0.920. The monoisotopic (exact) mass is 183 g/mol. The molecule has 0 bridgehead atoms. The van der Waals surface area contributed by atoms with Crippen LogP contribution in [0.5, 0.6) is 0 Å². The van der Waals surface area contributed by atoms with Gasteiger partial charge >= 0.3 is 37.7 Å². The van der Waals surface area contributed by atoms with Gasteiger partial charge in [-0.3, -0.25) is 0 Å². The van der Waals surface area contributed by atoms with E-state index in [1.807, 2.05) is 0 Å². The topological polar surface area (TPSA) is 40.1 Å². The Bertz CT molecular complexity index is 94.1. The fourth-order valence-electron chi connectivity index (χ4n) is 0.873. The molecule has 0 amide bonds. The maximum absolute atomic E-state index is 9.92. The average Bonchev–Trinajstić information content (AvgIpc) is 1.87. The molecular formula is C8H15CaO2+. The van der Waals surface area contributed by atoms with Crippen LogP contribution in [0, 0.1) is 0 Å². The van der Waals surface area contributed by atoms with E-state index < -0.39 is 5.97 Å². The van der Waals surface area contributed by atoms with Crippen LogP contribution >= 0.6 is 0 Å². The Morgan fingerprint density at radius 2 is 1.73 bits per heavy atom. The Morgan fingerprint density at radius 3 is 2.18 bits per heavy atom. The second-order valence-corrected chi connectivity index (χ2v) is 2.54. The van der Waals surface area contributed by atoms with Crippen LogP contribution in [0.1, 0.15) is 45.4 Å². The van der Waals surface area contributed by atoms with E-state index in [1.54, 1.807) is 0 Å². The largest absolute Gasteiger partial charge is 2.00 e. The van der Waals surface area contributed by atoms with Crippen molar-refractivity contribution < 1.29 is 9.90 Å². The summed E-state index contributed by atoms with van der Waals surface area (Å²) in [5, 5.41) is 9.92. The molecule has 11 heavy (non-hydrogen) atoms. The van der Waals surface area contributed by atoms with Gasteiger partial charge in [-0.25, -0.2) is 0 Å². The third-order valence-corrected chi connectivity index (χ3v) is 1.48. The zero-order valence-electron chi connectivity index (χ0n) is 7.27. The van der Waals surface area contributed by atoms with Gasteiger partial charge in [0.2, 0.25) is 0 Å². The van der Waals surface area contributed by atoms with Crippen molar-refractivity contribution in [1.29, 1.82) is 0 Å². The second kappa shape index (κ2) is 10.7. The van der Waals surface area contributed by atoms with Crippen LogP contribution in [0.3, 0.4) is 0 Å². The SMILES string of the molecule is CCCCCCCC(=O)[O-].[Ca+2]. The molecule has 0 spiro atoms. The van der Waals surface area contributed by atoms with Crippen molar-refractivity contribution in [3.8, 4) is 0 Å². The molecule has 0 unspecified atom stereocenters. The molecule has 0 aliphatic carbocycles. The van der Waals surface area contributed by atoms with E-state index in [9.17, 15) is 9.90 Å². The zero-order valence-corrected chi connectivity index (χ0v) is 9.47. The molecule has 0 atom stereocenters. The first-order valence-corrected chi connectivity index (χ1v) is 3.97. The number of carboxylic acids is 1. The summed E-state index contributed by atoms with van der Waals surface area (Å²) in [6, 6.07) is 0. The summed E-state index contributed by atoms with van der Waals surface area (Å²) in [4.78, 5) is 9.92. The molecule has 0 fully saturated rings. The van der Waals surface area contributed by atoms with E-state index >= 15 is 0 Å². The van der Waals surface area contributed by atoms with E-state index in [2.05, 4.69) is 6.92 Å². The summed E-state index contributed by atoms with van der Waals surface area (Å²) in [7, 11) is 0. The van der Waals surface area contributed by atoms with Crippen molar-refractivity contribution in [3.63, 3.8) is 0 Å². The number of carbonyl (C=O) groups excluding carboxylic acids is 1. The number of rotatable bonds is 6. The second-order valence-electron chi connectivity index (χ2n) is 2.54. The van der Waals surface area contributed by atoms with Gasteiger partial charge in [-0.1, -0.05) is 32.6 Å². The molecule has 0 aliphatic heterocycles. The Morgan fingerprint density at radius 1 is 1.18 bits per heavy atom. The summed E-state index contributed by atoms with van der Waals surface area (Å²) in [5.74, 6) is -0.920. The van der Waals surface area contributed by atoms with Crippen LogP contribution in [-0.2, 0) is 4.79 Å². The molecule has 60 valence electrons. The smallest absolute Gasteiger partial charge is 0.550 e. The van der Waals surface area contributed by atoms with Crippen LogP contribution < -0.4 is 5.11 Å². The van der Waals surface area contributed by atoms with Crippen molar-refractivity contribution in [3.05, 3.63) is 0 Å². The molecule has 0 aromatic heterocycles. The molecule has 0 saturated heterocycles. The Kier molecular flexibility index (Phi) is 13.9. The third kappa shape index (κ3) is 13.7. The summed E-state index contributed by atoms with van der Waals surface area (Å²) in [5.41, 5.74) is 0. The zero-order chi connectivity index (χ0) is 7.82. The molecule has 0 N–H and O–H groups in total. The quantitative estimate of drug-likeness (QED) is 0.449. The molecule has 3 heteroatoms. The van der Waals surface area contributed by atoms with Crippen molar-refractivity contribution in [2.24, 2.45) is 0 Å². The van der Waals surface area contributed by atoms with Gasteiger partial charge in [-0.2, -0.15) is 0 Å². The van der Waals surface area contributed by atoms with Crippen molar-refractivity contribution in [1.82, 2.24) is 0 Å². The van der Waals surface area contributed by atoms with E-state index in [0.717, 1.165) is 19.3 Å². The molecule has 0 aliphatic rings. The van der Waals surface area contributed by atoms with Gasteiger partial charge in [-0.05, 0) is 12.8 Å². The van der Waals surface area contributed by atoms with E-state index in [1.165, 1.54) is 12.8 Å². The summed E-state index contributed by atoms with van der Waals surface area (Å²) in [6.45, 7) is 2.14. The Balaban J connectivity index is 0. The number of carbonyl (C=O) groups is 1. The maximum atomic E-state index is 9.92. The van der Waals surface area contributed by atoms with Crippen LogP contribution in [0.4, 0.5) is 0 Å². The molecule has 0 aromatic carbocycles. The summed E-state index contributed by atoms with van der Waals surface area (Å²) in [6.07, 6.45) is 5.61. The van der Waals surface area contributed by atoms with E-state index in [0.29, 0.717) is 0 Å². The minimum Gasteiger partial charge on any atom is -0.550 e. The molecule has 0 radical (unpaired) electrons. The number of aliphatic carboxylic acids is 1. The van der Waals surface area contributed by atoms with Gasteiger partial charge in [0.15, 0.2) is 0 Å². The van der Waals surface area contributed by atoms with Crippen molar-refractivity contribution >= 4 is 43.7 Å². The maximum Gasteiger partial charge on any atom is 2.00 e. The Hall–Kier alpha value is 0.730. The van der Waals surface area contributed by atoms with Crippen molar-refractivity contribution in [2.45, 2.75) is 45.4 Å². The number of unbranched alkanes of at least 4 members (excludes halogenated alkanes) is 4. The summed E-state index contributed by atoms with van der Waals surface area (Å²) >= 11 is 0. The minimum absolute atomic E-state index is 0. The van der Waals surface area contributed by atoms with Gasteiger partial charge in [0.05, 0.1) is 0 Å². The third-order valence-electron chi connectivity index (χ3n) is 1.48. The van der Waals surface area contributed by atoms with Gasteiger partial charge in [0.25, 0.3) is 0 Å². The molecule has 2 nitrogen and oxygen atoms in total. The van der Waals surface area contributed by atoms with Gasteiger partial charge in [-0.15, -0.1) is 0 Å². The predicted molar refractivity (Wildman–Crippen MR) is 44.1 cm³/mol. The standard InChI is InChI=1S/C8H16O2.Ca/c1-2-3-4-5-6-7-8(9)10;/h2-7H2,1H3,(H,9,10);/q;+2/p-1. The van der Waals surface area contributed by atoms with Crippen LogP contribution in [-0.4, -0.2) is 43.7 Å². The number of hydrogen-bond donors (Lipinski definition) is 0. The van der Waals surface area contributed by atoms with Gasteiger partial charge < -0.3 is 9.90 Å². The predicted octanol–water partition coefficient (Wildman–Crippen LogP) is 0.716. The van der Waals surface area contributed by atoms with Gasteiger partial charge in [0.1, 0.15) is 0 Å². The number of hydrogen-bond acceptors (Lipinski definition) is 2. The molecular weight excluding hydrogens is 168 g/mol. The van der Waals surface area contributed by atoms with Crippen LogP contribution in [0.25, 0.3) is 0 Å². The fourth-order valence-corrected chi connectivity index (χ4v) is 0.873. The van der Waals surface area contributed by atoms with Gasteiger partial charge in [0, 0.05) is 5.97 Å².